The Balaban J connectivity index is -0.0000000221. The van der Waals surface area contributed by atoms with E-state index in [2.05, 4.69) is 0 Å². The number of rotatable bonds is 0. The Kier molecular flexibility index (Phi) is 63.2. The first-order valence-electron chi connectivity index (χ1n) is 3.20. The molecule has 0 fully saturated rings. The van der Waals surface area contributed by atoms with Crippen LogP contribution in [0.15, 0.2) is 0 Å². The molecule has 0 aromatic carbocycles. The SMILES string of the molecule is O.O.O.O=C([O-])C(=O)[O-].O=C([O-])C(=O)[O-].O=C([O-])C(=O)[O-].[Pm].[Pm]. The Bertz CT molecular complexity index is 283. The molecule has 0 saturated heterocycles. The molecule has 0 aromatic heterocycles. The normalized spacial score (nSPS) is 5.74. The van der Waals surface area contributed by atoms with Gasteiger partial charge in [-0.1, -0.05) is 0 Å². The van der Waals surface area contributed by atoms with E-state index in [1.165, 1.54) is 0 Å². The summed E-state index contributed by atoms with van der Waals surface area (Å²) in [4.78, 5) is 53.6. The monoisotopic (exact) mass is 608 g/mol. The van der Waals surface area contributed by atoms with Crippen LogP contribution in [0.3, 0.4) is 0 Å². The molecule has 17 heteroatoms. The maximum Gasteiger partial charge on any atom is 0.0870 e. The van der Waals surface area contributed by atoms with E-state index in [1.54, 1.807) is 0 Å². The number of hydrogen-bond acceptors (Lipinski definition) is 12. The number of carboxylic acid groups (broad SMARTS) is 6. The van der Waals surface area contributed by atoms with E-state index in [0.717, 1.165) is 0 Å². The first kappa shape index (κ1) is 49.5. The van der Waals surface area contributed by atoms with E-state index in [9.17, 15) is 0 Å². The smallest absolute Gasteiger partial charge is 0.0870 e. The summed E-state index contributed by atoms with van der Waals surface area (Å²) in [7, 11) is 0. The zero-order chi connectivity index (χ0) is 15.5. The van der Waals surface area contributed by atoms with E-state index in [0.29, 0.717) is 0 Å². The average molecular weight is 608 g/mol. The third-order valence-corrected chi connectivity index (χ3v) is 0.500. The number of hydrogen-bond donors (Lipinski definition) is 0. The van der Waals surface area contributed by atoms with Crippen molar-refractivity contribution in [2.24, 2.45) is 0 Å². The van der Waals surface area contributed by atoms with Gasteiger partial charge in [-0.2, -0.15) is 0 Å². The Morgan fingerprint density at radius 2 is 0.391 bits per heavy atom. The molecular formula is C6H6O15Pm2-6. The number of carbonyl (C=O) groups excluding carboxylic acids is 6. The zero-order valence-electron chi connectivity index (χ0n) is 10.3. The predicted octanol–water partition coefficient (Wildman–Crippen LogP) is -13.0. The molecule has 2 radical (unpaired) electrons. The van der Waals surface area contributed by atoms with E-state index in [1.807, 2.05) is 0 Å². The summed E-state index contributed by atoms with van der Waals surface area (Å²) in [5, 5.41) is 53.6. The molecule has 0 aliphatic rings. The predicted molar refractivity (Wildman–Crippen MR) is 40.9 cm³/mol. The fraction of sp³-hybridized carbons (Fsp3) is 0. The molecule has 0 spiro atoms. The van der Waals surface area contributed by atoms with Crippen LogP contribution in [-0.4, -0.2) is 52.2 Å². The van der Waals surface area contributed by atoms with Crippen LogP contribution in [0.1, 0.15) is 0 Å². The van der Waals surface area contributed by atoms with Crippen LogP contribution in [0.4, 0.5) is 0 Å². The van der Waals surface area contributed by atoms with Crippen LogP contribution in [-0.2, 0) is 28.8 Å². The molecule has 23 heavy (non-hydrogen) atoms. The zero-order valence-corrected chi connectivity index (χ0v) is 16.0. The summed E-state index contributed by atoms with van der Waals surface area (Å²) in [6.45, 7) is 0. The van der Waals surface area contributed by atoms with Gasteiger partial charge in [0, 0.05) is 80.8 Å². The first-order chi connectivity index (χ1) is 7.93. The molecule has 0 unspecified atom stereocenters. The second kappa shape index (κ2) is 29.4. The van der Waals surface area contributed by atoms with Crippen molar-refractivity contribution >= 4 is 35.8 Å². The van der Waals surface area contributed by atoms with Gasteiger partial charge in [0.05, 0.1) is 35.8 Å². The van der Waals surface area contributed by atoms with Gasteiger partial charge in [-0.15, -0.1) is 0 Å². The average Bonchev–Trinajstić information content (AvgIpc) is 2.18. The van der Waals surface area contributed by atoms with Crippen molar-refractivity contribution in [1.82, 2.24) is 0 Å². The second-order valence-corrected chi connectivity index (χ2v) is 1.72. The maximum atomic E-state index is 8.93. The van der Waals surface area contributed by atoms with Crippen LogP contribution in [0.2, 0.25) is 0 Å². The Labute approximate surface area is 190 Å². The number of aliphatic carboxylic acids is 6. The van der Waals surface area contributed by atoms with Crippen molar-refractivity contribution < 1.29 is 157 Å². The molecule has 136 valence electrons. The molecule has 0 bridgehead atoms. The summed E-state index contributed by atoms with van der Waals surface area (Å²) in [5.74, 6) is -13.1. The van der Waals surface area contributed by atoms with E-state index < -0.39 is 35.8 Å². The van der Waals surface area contributed by atoms with E-state index >= 15 is 0 Å². The molecule has 0 amide bonds. The Morgan fingerprint density at radius 3 is 0.391 bits per heavy atom. The molecule has 0 saturated carbocycles. The van der Waals surface area contributed by atoms with Crippen LogP contribution >= 0.6 is 0 Å². The summed E-state index contributed by atoms with van der Waals surface area (Å²) in [5.41, 5.74) is 0. The van der Waals surface area contributed by atoms with E-state index in [4.69, 9.17) is 59.4 Å². The minimum absolute atomic E-state index is 0. The molecule has 0 aromatic rings. The van der Waals surface area contributed by atoms with Crippen molar-refractivity contribution in [3.8, 4) is 0 Å². The van der Waals surface area contributed by atoms with Crippen molar-refractivity contribution in [3.05, 3.63) is 0 Å². The fourth-order valence-electron chi connectivity index (χ4n) is 0. The Morgan fingerprint density at radius 1 is 0.348 bits per heavy atom. The van der Waals surface area contributed by atoms with Crippen molar-refractivity contribution in [1.29, 1.82) is 0 Å². The minimum atomic E-state index is -2.19. The largest absolute Gasteiger partial charge is 0.543 e. The minimum Gasteiger partial charge on any atom is -0.543 e. The molecule has 0 aliphatic carbocycles. The quantitative estimate of drug-likeness (QED) is 0.231. The molecule has 6 N–H and O–H groups in total. The molecular weight excluding hydrogens is 602 g/mol. The molecule has 0 atom stereocenters. The van der Waals surface area contributed by atoms with Crippen LogP contribution in [0, 0.1) is 80.8 Å². The van der Waals surface area contributed by atoms with Gasteiger partial charge in [-0.05, 0) is 0 Å². The van der Waals surface area contributed by atoms with Crippen LogP contribution < -0.4 is 30.6 Å². The van der Waals surface area contributed by atoms with Crippen LogP contribution in [0.25, 0.3) is 0 Å². The van der Waals surface area contributed by atoms with Gasteiger partial charge >= 0.3 is 0 Å². The van der Waals surface area contributed by atoms with Crippen LogP contribution in [0.5, 0.6) is 0 Å². The standard InChI is InChI=1S/3C2H2O4.3H2O.2Pm/c3*3-1(4)2(5)6;;;;;/h3*(H,3,4)(H,5,6);3*1H2;;/p-6. The van der Waals surface area contributed by atoms with Gasteiger partial charge in [-0.3, -0.25) is 0 Å². The second-order valence-electron chi connectivity index (χ2n) is 1.72. The fourth-order valence-corrected chi connectivity index (χ4v) is 0. The molecule has 0 aliphatic heterocycles. The molecule has 0 heterocycles. The third kappa shape index (κ3) is 62.0. The number of carboxylic acids is 6. The van der Waals surface area contributed by atoms with Gasteiger partial charge < -0.3 is 75.8 Å². The Hall–Kier alpha value is -0.625. The van der Waals surface area contributed by atoms with Gasteiger partial charge in [-0.25, -0.2) is 0 Å². The number of carbonyl (C=O) groups is 6. The summed E-state index contributed by atoms with van der Waals surface area (Å²) >= 11 is 0. The van der Waals surface area contributed by atoms with Gasteiger partial charge in [0.1, 0.15) is 0 Å². The maximum absolute atomic E-state index is 8.93. The summed E-state index contributed by atoms with van der Waals surface area (Å²) in [6, 6.07) is 0. The summed E-state index contributed by atoms with van der Waals surface area (Å²) < 4.78 is 0. The van der Waals surface area contributed by atoms with Gasteiger partial charge in [0.2, 0.25) is 0 Å². The van der Waals surface area contributed by atoms with E-state index in [-0.39, 0.29) is 97.2 Å². The van der Waals surface area contributed by atoms with Gasteiger partial charge in [0.25, 0.3) is 0 Å². The molecule has 0 rings (SSSR count). The molecule has 15 nitrogen and oxygen atoms in total. The summed E-state index contributed by atoms with van der Waals surface area (Å²) in [6.07, 6.45) is 0. The van der Waals surface area contributed by atoms with Crippen molar-refractivity contribution in [2.75, 3.05) is 0 Å². The van der Waals surface area contributed by atoms with Crippen molar-refractivity contribution in [3.63, 3.8) is 0 Å². The van der Waals surface area contributed by atoms with Crippen molar-refractivity contribution in [2.45, 2.75) is 0 Å². The third-order valence-electron chi connectivity index (χ3n) is 0.500. The topological polar surface area (TPSA) is 335 Å². The van der Waals surface area contributed by atoms with Gasteiger partial charge in [0.15, 0.2) is 0 Å². The first-order valence-corrected chi connectivity index (χ1v) is 3.20.